The lowest BCUT2D eigenvalue weighted by molar-refractivity contribution is -0.384. The number of hydrogen-bond donors (Lipinski definition) is 1. The number of likely N-dealkylation sites (N-methyl/N-ethyl adjacent to an activating group) is 1. The summed E-state index contributed by atoms with van der Waals surface area (Å²) >= 11 is 0. The topological polar surface area (TPSA) is 91.2 Å². The highest BCUT2D eigenvalue weighted by Crippen LogP contribution is 2.34. The number of nitro benzene ring substituents is 1. The Hall–Kier alpha value is -2.39. The Morgan fingerprint density at radius 2 is 1.82 bits per heavy atom. The zero-order chi connectivity index (χ0) is 20.3. The Bertz CT molecular complexity index is 725. The number of piperazine rings is 1. The molecular weight excluding hydrogens is 362 g/mol. The number of carbonyl (C=O) groups excluding carboxylic acids is 1. The summed E-state index contributed by atoms with van der Waals surface area (Å²) in [6.07, 6.45) is 1.42. The fourth-order valence-corrected chi connectivity index (χ4v) is 4.09. The van der Waals surface area contributed by atoms with Crippen LogP contribution >= 0.6 is 0 Å². The van der Waals surface area contributed by atoms with E-state index < -0.39 is 11.0 Å². The zero-order valence-electron chi connectivity index (χ0n) is 16.8. The predicted molar refractivity (Wildman–Crippen MR) is 108 cm³/mol. The van der Waals surface area contributed by atoms with E-state index in [1.54, 1.807) is 6.07 Å². The summed E-state index contributed by atoms with van der Waals surface area (Å²) in [5.41, 5.74) is 1.80. The van der Waals surface area contributed by atoms with Crippen LogP contribution in [-0.2, 0) is 4.74 Å². The molecule has 154 valence electrons. The third-order valence-electron chi connectivity index (χ3n) is 5.79. The molecule has 0 bridgehead atoms. The molecule has 1 aromatic rings. The van der Waals surface area contributed by atoms with Crippen molar-refractivity contribution in [3.05, 3.63) is 27.8 Å². The van der Waals surface area contributed by atoms with Crippen molar-refractivity contribution in [3.8, 4) is 0 Å². The van der Waals surface area contributed by atoms with Gasteiger partial charge in [0.05, 0.1) is 12.0 Å². The Kier molecular flexibility index (Phi) is 6.35. The van der Waals surface area contributed by atoms with Gasteiger partial charge in [0.1, 0.15) is 5.69 Å². The van der Waals surface area contributed by atoms with Crippen molar-refractivity contribution in [1.29, 1.82) is 0 Å². The van der Waals surface area contributed by atoms with Crippen LogP contribution in [0, 0.1) is 17.0 Å². The van der Waals surface area contributed by atoms with Crippen LogP contribution in [0.4, 0.5) is 21.9 Å². The molecule has 0 saturated carbocycles. The number of ether oxygens (including phenoxy) is 1. The molecule has 1 aromatic carbocycles. The van der Waals surface area contributed by atoms with Crippen molar-refractivity contribution < 1.29 is 14.5 Å². The van der Waals surface area contributed by atoms with Crippen LogP contribution in [0.1, 0.15) is 18.4 Å². The third-order valence-corrected chi connectivity index (χ3v) is 5.79. The molecule has 0 atom stereocenters. The summed E-state index contributed by atoms with van der Waals surface area (Å²) in [5.74, 6) is 0. The first-order valence-corrected chi connectivity index (χ1v) is 9.70. The van der Waals surface area contributed by atoms with Crippen LogP contribution in [0.3, 0.4) is 0 Å². The van der Waals surface area contributed by atoms with E-state index in [0.717, 1.165) is 63.4 Å². The number of hydrogen-bond acceptors (Lipinski definition) is 7. The van der Waals surface area contributed by atoms with Crippen molar-refractivity contribution in [2.24, 2.45) is 0 Å². The van der Waals surface area contributed by atoms with Crippen molar-refractivity contribution in [1.82, 2.24) is 9.80 Å². The number of aryl methyl sites for hydroxylation is 1. The SMILES string of the molecule is COC(=O)Nc1cc(N2CCC(N3CCN(C)CC3)CC2)c(C)cc1[N+](=O)[O-]. The minimum Gasteiger partial charge on any atom is -0.453 e. The largest absolute Gasteiger partial charge is 0.453 e. The molecule has 0 spiro atoms. The Morgan fingerprint density at radius 3 is 2.39 bits per heavy atom. The van der Waals surface area contributed by atoms with Gasteiger partial charge in [0, 0.05) is 57.1 Å². The molecular formula is C19H29N5O4. The molecule has 9 nitrogen and oxygen atoms in total. The van der Waals surface area contributed by atoms with E-state index >= 15 is 0 Å². The van der Waals surface area contributed by atoms with Crippen LogP contribution < -0.4 is 10.2 Å². The molecule has 3 rings (SSSR count). The van der Waals surface area contributed by atoms with Gasteiger partial charge < -0.3 is 14.5 Å². The molecule has 1 amide bonds. The van der Waals surface area contributed by atoms with Gasteiger partial charge in [-0.2, -0.15) is 0 Å². The number of nitro groups is 1. The van der Waals surface area contributed by atoms with E-state index in [9.17, 15) is 14.9 Å². The van der Waals surface area contributed by atoms with Crippen molar-refractivity contribution in [3.63, 3.8) is 0 Å². The first kappa shape index (κ1) is 20.3. The highest BCUT2D eigenvalue weighted by molar-refractivity contribution is 5.89. The van der Waals surface area contributed by atoms with E-state index in [2.05, 4.69) is 31.8 Å². The van der Waals surface area contributed by atoms with Gasteiger partial charge >= 0.3 is 6.09 Å². The summed E-state index contributed by atoms with van der Waals surface area (Å²) in [4.78, 5) is 29.7. The molecule has 28 heavy (non-hydrogen) atoms. The van der Waals surface area contributed by atoms with Gasteiger partial charge in [-0.25, -0.2) is 4.79 Å². The highest BCUT2D eigenvalue weighted by Gasteiger charge is 2.28. The van der Waals surface area contributed by atoms with Crippen LogP contribution in [0.2, 0.25) is 0 Å². The average molecular weight is 391 g/mol. The number of nitrogens with zero attached hydrogens (tertiary/aromatic N) is 4. The van der Waals surface area contributed by atoms with Crippen LogP contribution in [-0.4, -0.2) is 80.3 Å². The molecule has 2 aliphatic heterocycles. The number of benzene rings is 1. The number of piperidine rings is 1. The second-order valence-electron chi connectivity index (χ2n) is 7.59. The summed E-state index contributed by atoms with van der Waals surface area (Å²) < 4.78 is 4.60. The maximum atomic E-state index is 11.6. The number of amides is 1. The van der Waals surface area contributed by atoms with Crippen LogP contribution in [0.25, 0.3) is 0 Å². The van der Waals surface area contributed by atoms with Crippen molar-refractivity contribution in [2.45, 2.75) is 25.8 Å². The van der Waals surface area contributed by atoms with Gasteiger partial charge in [0.2, 0.25) is 0 Å². The molecule has 0 aliphatic carbocycles. The zero-order valence-corrected chi connectivity index (χ0v) is 16.8. The van der Waals surface area contributed by atoms with Crippen molar-refractivity contribution >= 4 is 23.2 Å². The minimum absolute atomic E-state index is 0.126. The smallest absolute Gasteiger partial charge is 0.411 e. The second-order valence-corrected chi connectivity index (χ2v) is 7.59. The van der Waals surface area contributed by atoms with Gasteiger partial charge in [-0.1, -0.05) is 0 Å². The average Bonchev–Trinajstić information content (AvgIpc) is 2.69. The lowest BCUT2D eigenvalue weighted by atomic mass is 10.0. The van der Waals surface area contributed by atoms with Crippen LogP contribution in [0.15, 0.2) is 12.1 Å². The number of methoxy groups -OCH3 is 1. The molecule has 1 N–H and O–H groups in total. The van der Waals surface area contributed by atoms with Crippen LogP contribution in [0.5, 0.6) is 0 Å². The molecule has 2 aliphatic rings. The Balaban J connectivity index is 1.72. The van der Waals surface area contributed by atoms with Gasteiger partial charge in [-0.05, 0) is 38.4 Å². The highest BCUT2D eigenvalue weighted by atomic mass is 16.6. The maximum Gasteiger partial charge on any atom is 0.411 e. The number of rotatable bonds is 4. The quantitative estimate of drug-likeness (QED) is 0.622. The Morgan fingerprint density at radius 1 is 1.18 bits per heavy atom. The standard InChI is InChI=1S/C19H29N5O4/c1-14-12-18(24(26)27)16(20-19(25)28-3)13-17(14)23-6-4-15(5-7-23)22-10-8-21(2)9-11-22/h12-13,15H,4-11H2,1-3H3,(H,20,25). The van der Waals surface area contributed by atoms with E-state index in [1.807, 2.05) is 6.92 Å². The maximum absolute atomic E-state index is 11.6. The molecule has 0 radical (unpaired) electrons. The lowest BCUT2D eigenvalue weighted by Crippen LogP contribution is -2.52. The van der Waals surface area contributed by atoms with E-state index in [0.29, 0.717) is 6.04 Å². The molecule has 2 heterocycles. The fraction of sp³-hybridized carbons (Fsp3) is 0.632. The number of nitrogens with one attached hydrogen (secondary N) is 1. The predicted octanol–water partition coefficient (Wildman–Crippen LogP) is 2.30. The summed E-state index contributed by atoms with van der Waals surface area (Å²) in [6.45, 7) is 8.13. The van der Waals surface area contributed by atoms with Gasteiger partial charge in [-0.3, -0.25) is 20.3 Å². The number of carbonyl (C=O) groups is 1. The normalized spacial score (nSPS) is 19.5. The van der Waals surface area contributed by atoms with Gasteiger partial charge in [0.15, 0.2) is 0 Å². The van der Waals surface area contributed by atoms with Gasteiger partial charge in [-0.15, -0.1) is 0 Å². The molecule has 9 heteroatoms. The first-order chi connectivity index (χ1) is 13.4. The third kappa shape index (κ3) is 4.53. The summed E-state index contributed by atoms with van der Waals surface area (Å²) in [6, 6.07) is 3.81. The molecule has 2 saturated heterocycles. The summed E-state index contributed by atoms with van der Waals surface area (Å²) in [7, 11) is 3.40. The monoisotopic (exact) mass is 391 g/mol. The summed E-state index contributed by atoms with van der Waals surface area (Å²) in [5, 5.41) is 13.8. The minimum atomic E-state index is -0.716. The fourth-order valence-electron chi connectivity index (χ4n) is 4.09. The van der Waals surface area contributed by atoms with Crippen molar-refractivity contribution in [2.75, 3.05) is 63.6 Å². The number of anilines is 2. The Labute approximate surface area is 165 Å². The van der Waals surface area contributed by atoms with Gasteiger partial charge in [0.25, 0.3) is 5.69 Å². The van der Waals surface area contributed by atoms with E-state index in [4.69, 9.17) is 0 Å². The van der Waals surface area contributed by atoms with E-state index in [-0.39, 0.29) is 11.4 Å². The molecule has 2 fully saturated rings. The lowest BCUT2D eigenvalue weighted by Gasteiger charge is -2.43. The first-order valence-electron chi connectivity index (χ1n) is 9.70. The molecule has 0 aromatic heterocycles. The van der Waals surface area contributed by atoms with E-state index in [1.165, 1.54) is 13.2 Å². The molecule has 0 unspecified atom stereocenters. The second kappa shape index (κ2) is 8.74.